The Kier molecular flexibility index (Phi) is 4.68. The molecule has 3 rings (SSSR count). The molecule has 0 radical (unpaired) electrons. The van der Waals surface area contributed by atoms with Gasteiger partial charge in [-0.25, -0.2) is 0 Å². The smallest absolute Gasteiger partial charge is 0.0306 e. The molecule has 3 heteroatoms. The summed E-state index contributed by atoms with van der Waals surface area (Å²) in [4.78, 5) is 5.40. The highest BCUT2D eigenvalue weighted by Crippen LogP contribution is 2.39. The lowest BCUT2D eigenvalue weighted by atomic mass is 9.87. The number of piperidine rings is 1. The molecule has 1 atom stereocenters. The minimum absolute atomic E-state index is 0.278. The van der Waals surface area contributed by atoms with Crippen LogP contribution in [0.3, 0.4) is 0 Å². The number of nitrogens with zero attached hydrogens (tertiary/aromatic N) is 2. The van der Waals surface area contributed by atoms with Crippen LogP contribution < -0.4 is 5.73 Å². The van der Waals surface area contributed by atoms with Gasteiger partial charge in [0.1, 0.15) is 0 Å². The number of hydrogen-bond acceptors (Lipinski definition) is 3. The fraction of sp³-hybridized carbons (Fsp3) is 1.00. The largest absolute Gasteiger partial charge is 0.329 e. The van der Waals surface area contributed by atoms with E-state index in [2.05, 4.69) is 16.7 Å². The van der Waals surface area contributed by atoms with Gasteiger partial charge in [0.05, 0.1) is 0 Å². The lowest BCUT2D eigenvalue weighted by Crippen LogP contribution is -2.55. The maximum Gasteiger partial charge on any atom is 0.0306 e. The van der Waals surface area contributed by atoms with Crippen molar-refractivity contribution in [3.63, 3.8) is 0 Å². The molecule has 3 aliphatic rings. The molecule has 0 spiro atoms. The first-order chi connectivity index (χ1) is 9.69. The van der Waals surface area contributed by atoms with E-state index in [1.165, 1.54) is 77.7 Å². The van der Waals surface area contributed by atoms with E-state index in [1.54, 1.807) is 0 Å². The Morgan fingerprint density at radius 3 is 2.15 bits per heavy atom. The first-order valence-electron chi connectivity index (χ1n) is 8.87. The topological polar surface area (TPSA) is 32.5 Å². The summed E-state index contributed by atoms with van der Waals surface area (Å²) in [5.74, 6) is 1.91. The van der Waals surface area contributed by atoms with Crippen LogP contribution in [-0.2, 0) is 0 Å². The zero-order valence-corrected chi connectivity index (χ0v) is 13.3. The summed E-state index contributed by atoms with van der Waals surface area (Å²) in [5.41, 5.74) is 6.41. The Hall–Kier alpha value is -0.120. The fourth-order valence-electron chi connectivity index (χ4n) is 4.27. The molecule has 116 valence electrons. The molecule has 2 heterocycles. The van der Waals surface area contributed by atoms with E-state index in [1.807, 2.05) is 0 Å². The van der Waals surface area contributed by atoms with Gasteiger partial charge in [0.15, 0.2) is 0 Å². The highest BCUT2D eigenvalue weighted by molar-refractivity contribution is 4.94. The van der Waals surface area contributed by atoms with Crippen LogP contribution in [0.1, 0.15) is 51.9 Å². The normalized spacial score (nSPS) is 29.7. The van der Waals surface area contributed by atoms with Crippen molar-refractivity contribution in [2.45, 2.75) is 57.4 Å². The Labute approximate surface area is 124 Å². The van der Waals surface area contributed by atoms with Crippen LogP contribution in [0.15, 0.2) is 0 Å². The summed E-state index contributed by atoms with van der Waals surface area (Å²) in [6.07, 6.45) is 9.84. The van der Waals surface area contributed by atoms with Crippen LogP contribution in [0, 0.1) is 11.8 Å². The second-order valence-corrected chi connectivity index (χ2v) is 7.79. The van der Waals surface area contributed by atoms with Gasteiger partial charge in [0.25, 0.3) is 0 Å². The lowest BCUT2D eigenvalue weighted by molar-refractivity contribution is 0.0502. The monoisotopic (exact) mass is 279 g/mol. The van der Waals surface area contributed by atoms with Gasteiger partial charge in [0, 0.05) is 18.6 Å². The van der Waals surface area contributed by atoms with E-state index in [-0.39, 0.29) is 5.54 Å². The average Bonchev–Trinajstić information content (AvgIpc) is 3.12. The third kappa shape index (κ3) is 3.55. The van der Waals surface area contributed by atoms with Crippen LogP contribution in [0.2, 0.25) is 0 Å². The van der Waals surface area contributed by atoms with Gasteiger partial charge in [0.2, 0.25) is 0 Å². The molecule has 2 N–H and O–H groups in total. The third-order valence-corrected chi connectivity index (χ3v) is 5.96. The van der Waals surface area contributed by atoms with Crippen molar-refractivity contribution in [3.05, 3.63) is 0 Å². The van der Waals surface area contributed by atoms with Crippen molar-refractivity contribution >= 4 is 0 Å². The molecular weight excluding hydrogens is 246 g/mol. The van der Waals surface area contributed by atoms with Crippen molar-refractivity contribution < 1.29 is 0 Å². The molecule has 20 heavy (non-hydrogen) atoms. The van der Waals surface area contributed by atoms with E-state index in [4.69, 9.17) is 5.73 Å². The first-order valence-corrected chi connectivity index (χ1v) is 8.87. The van der Waals surface area contributed by atoms with Crippen LogP contribution >= 0.6 is 0 Å². The predicted molar refractivity (Wildman–Crippen MR) is 84.8 cm³/mol. The fourth-order valence-corrected chi connectivity index (χ4v) is 4.27. The standard InChI is InChI=1S/C17H33N3/c1-17(14-18,12-15-4-5-15)20-10-6-16(7-11-20)13-19-8-2-3-9-19/h15-16H,2-14,18H2,1H3. The van der Waals surface area contributed by atoms with Crippen molar-refractivity contribution in [1.29, 1.82) is 0 Å². The Balaban J connectivity index is 1.46. The molecule has 0 aromatic rings. The zero-order valence-electron chi connectivity index (χ0n) is 13.3. The van der Waals surface area contributed by atoms with E-state index < -0.39 is 0 Å². The molecule has 2 saturated heterocycles. The Bertz CT molecular complexity index is 301. The molecule has 1 unspecified atom stereocenters. The second kappa shape index (κ2) is 6.33. The van der Waals surface area contributed by atoms with Gasteiger partial charge in [-0.3, -0.25) is 4.90 Å². The number of nitrogens with two attached hydrogens (primary N) is 1. The van der Waals surface area contributed by atoms with Crippen LogP contribution in [0.5, 0.6) is 0 Å². The summed E-state index contributed by atoms with van der Waals surface area (Å²) in [6.45, 7) is 9.85. The molecule has 2 aliphatic heterocycles. The average molecular weight is 279 g/mol. The maximum atomic E-state index is 6.13. The van der Waals surface area contributed by atoms with Gasteiger partial charge in [-0.05, 0) is 77.0 Å². The summed E-state index contributed by atoms with van der Waals surface area (Å²) in [7, 11) is 0. The van der Waals surface area contributed by atoms with Gasteiger partial charge >= 0.3 is 0 Å². The highest BCUT2D eigenvalue weighted by Gasteiger charge is 2.38. The van der Waals surface area contributed by atoms with Crippen molar-refractivity contribution in [2.24, 2.45) is 17.6 Å². The number of rotatable bonds is 6. The minimum atomic E-state index is 0.278. The Morgan fingerprint density at radius 2 is 1.60 bits per heavy atom. The molecular formula is C17H33N3. The predicted octanol–water partition coefficient (Wildman–Crippen LogP) is 2.31. The third-order valence-electron chi connectivity index (χ3n) is 5.96. The SMILES string of the molecule is CC(CN)(CC1CC1)N1CCC(CN2CCCC2)CC1. The molecule has 3 nitrogen and oxygen atoms in total. The molecule has 3 fully saturated rings. The van der Waals surface area contributed by atoms with E-state index in [0.29, 0.717) is 0 Å². The maximum absolute atomic E-state index is 6.13. The van der Waals surface area contributed by atoms with Crippen molar-refractivity contribution in [1.82, 2.24) is 9.80 Å². The number of likely N-dealkylation sites (tertiary alicyclic amines) is 2. The van der Waals surface area contributed by atoms with Crippen LogP contribution in [0.25, 0.3) is 0 Å². The Morgan fingerprint density at radius 1 is 0.950 bits per heavy atom. The van der Waals surface area contributed by atoms with Crippen LogP contribution in [0.4, 0.5) is 0 Å². The van der Waals surface area contributed by atoms with Gasteiger partial charge in [-0.2, -0.15) is 0 Å². The summed E-state index contributed by atoms with van der Waals surface area (Å²) in [6, 6.07) is 0. The van der Waals surface area contributed by atoms with E-state index >= 15 is 0 Å². The summed E-state index contributed by atoms with van der Waals surface area (Å²) < 4.78 is 0. The summed E-state index contributed by atoms with van der Waals surface area (Å²) in [5, 5.41) is 0. The summed E-state index contributed by atoms with van der Waals surface area (Å²) >= 11 is 0. The molecule has 0 aromatic carbocycles. The van der Waals surface area contributed by atoms with Gasteiger partial charge in [-0.15, -0.1) is 0 Å². The quantitative estimate of drug-likeness (QED) is 0.810. The molecule has 1 saturated carbocycles. The number of hydrogen-bond donors (Lipinski definition) is 1. The second-order valence-electron chi connectivity index (χ2n) is 7.79. The van der Waals surface area contributed by atoms with E-state index in [9.17, 15) is 0 Å². The van der Waals surface area contributed by atoms with E-state index in [0.717, 1.165) is 18.4 Å². The van der Waals surface area contributed by atoms with Gasteiger partial charge in [-0.1, -0.05) is 12.8 Å². The molecule has 0 aromatic heterocycles. The molecule has 1 aliphatic carbocycles. The highest BCUT2D eigenvalue weighted by atomic mass is 15.2. The van der Waals surface area contributed by atoms with Crippen molar-refractivity contribution in [2.75, 3.05) is 39.3 Å². The molecule has 0 bridgehead atoms. The lowest BCUT2D eigenvalue weighted by Gasteiger charge is -2.45. The van der Waals surface area contributed by atoms with Crippen LogP contribution in [-0.4, -0.2) is 54.6 Å². The van der Waals surface area contributed by atoms with Gasteiger partial charge < -0.3 is 10.6 Å². The molecule has 0 amide bonds. The minimum Gasteiger partial charge on any atom is -0.329 e. The van der Waals surface area contributed by atoms with Crippen molar-refractivity contribution in [3.8, 4) is 0 Å². The first kappa shape index (κ1) is 14.8. The zero-order chi connectivity index (χ0) is 14.0.